The maximum Gasteiger partial charge on any atom is 0.330 e. The third kappa shape index (κ3) is 2.72. The van der Waals surface area contributed by atoms with Gasteiger partial charge in [-0.3, -0.25) is 18.8 Å². The molecule has 100 valence electrons. The van der Waals surface area contributed by atoms with E-state index in [0.717, 1.165) is 23.4 Å². The van der Waals surface area contributed by atoms with Gasteiger partial charge in [0.2, 0.25) is 0 Å². The Hall–Kier alpha value is -1.36. The number of hydrogen-bond acceptors (Lipinski definition) is 3. The van der Waals surface area contributed by atoms with Crippen molar-refractivity contribution in [2.45, 2.75) is 32.2 Å². The van der Waals surface area contributed by atoms with Crippen molar-refractivity contribution in [1.29, 1.82) is 0 Å². The van der Waals surface area contributed by atoms with Crippen molar-refractivity contribution in [1.82, 2.24) is 14.0 Å². The van der Waals surface area contributed by atoms with Crippen LogP contribution in [0.3, 0.4) is 0 Å². The molecule has 1 saturated heterocycles. The molecule has 0 saturated carbocycles. The van der Waals surface area contributed by atoms with Gasteiger partial charge in [0.05, 0.1) is 0 Å². The van der Waals surface area contributed by atoms with Gasteiger partial charge >= 0.3 is 5.69 Å². The van der Waals surface area contributed by atoms with E-state index in [4.69, 9.17) is 0 Å². The molecule has 5 heteroatoms. The van der Waals surface area contributed by atoms with Gasteiger partial charge in [-0.2, -0.15) is 0 Å². The van der Waals surface area contributed by atoms with E-state index >= 15 is 0 Å². The van der Waals surface area contributed by atoms with Crippen LogP contribution in [0.5, 0.6) is 0 Å². The quantitative estimate of drug-likeness (QED) is 0.767. The van der Waals surface area contributed by atoms with Gasteiger partial charge in [0, 0.05) is 32.4 Å². The first-order chi connectivity index (χ1) is 8.59. The Labute approximate surface area is 107 Å². The molecule has 2 rings (SSSR count). The zero-order chi connectivity index (χ0) is 13.1. The summed E-state index contributed by atoms with van der Waals surface area (Å²) in [6.45, 7) is 2.81. The molecule has 1 aromatic rings. The topological polar surface area (TPSA) is 47.2 Å². The van der Waals surface area contributed by atoms with Crippen LogP contribution in [0.4, 0.5) is 0 Å². The van der Waals surface area contributed by atoms with E-state index in [9.17, 15) is 9.59 Å². The van der Waals surface area contributed by atoms with Crippen LogP contribution in [0.25, 0.3) is 0 Å². The van der Waals surface area contributed by atoms with Crippen molar-refractivity contribution in [3.8, 4) is 0 Å². The molecule has 0 amide bonds. The number of likely N-dealkylation sites (tertiary alicyclic amines) is 1. The number of aromatic nitrogens is 2. The summed E-state index contributed by atoms with van der Waals surface area (Å²) < 4.78 is 2.72. The zero-order valence-corrected chi connectivity index (χ0v) is 11.2. The fourth-order valence-corrected chi connectivity index (χ4v) is 2.45. The van der Waals surface area contributed by atoms with Crippen LogP contribution in [0, 0.1) is 0 Å². The van der Waals surface area contributed by atoms with Crippen LogP contribution in [-0.2, 0) is 20.6 Å². The average Bonchev–Trinajstić information content (AvgIpc) is 2.62. The minimum Gasteiger partial charge on any atom is -0.299 e. The van der Waals surface area contributed by atoms with Crippen molar-refractivity contribution < 1.29 is 0 Å². The van der Waals surface area contributed by atoms with Crippen LogP contribution >= 0.6 is 0 Å². The molecule has 1 aromatic heterocycles. The molecule has 0 bridgehead atoms. The summed E-state index contributed by atoms with van der Waals surface area (Å²) in [5, 5.41) is 0. The molecular formula is C13H21N3O2. The smallest absolute Gasteiger partial charge is 0.299 e. The Morgan fingerprint density at radius 1 is 1.00 bits per heavy atom. The van der Waals surface area contributed by atoms with Gasteiger partial charge in [-0.05, 0) is 25.9 Å². The van der Waals surface area contributed by atoms with Crippen molar-refractivity contribution >= 4 is 0 Å². The number of hydrogen-bond donors (Lipinski definition) is 0. The highest BCUT2D eigenvalue weighted by atomic mass is 16.2. The minimum atomic E-state index is -0.243. The fraction of sp³-hybridized carbons (Fsp3) is 0.692. The molecule has 1 fully saturated rings. The number of nitrogens with zero attached hydrogens (tertiary/aromatic N) is 3. The predicted molar refractivity (Wildman–Crippen MR) is 70.7 cm³/mol. The summed E-state index contributed by atoms with van der Waals surface area (Å²) in [5.74, 6) is 0. The Balaban J connectivity index is 2.23. The Morgan fingerprint density at radius 2 is 1.61 bits per heavy atom. The fourth-order valence-electron chi connectivity index (χ4n) is 2.45. The Kier molecular flexibility index (Phi) is 4.01. The van der Waals surface area contributed by atoms with E-state index in [0.29, 0.717) is 6.54 Å². The third-order valence-corrected chi connectivity index (χ3v) is 3.71. The third-order valence-electron chi connectivity index (χ3n) is 3.71. The predicted octanol–water partition coefficient (Wildman–Crippen LogP) is 0.460. The van der Waals surface area contributed by atoms with Gasteiger partial charge in [0.25, 0.3) is 5.56 Å². The van der Waals surface area contributed by atoms with Crippen LogP contribution in [-0.4, -0.2) is 27.1 Å². The van der Waals surface area contributed by atoms with Gasteiger partial charge in [0.1, 0.15) is 0 Å². The van der Waals surface area contributed by atoms with E-state index < -0.39 is 0 Å². The summed E-state index contributed by atoms with van der Waals surface area (Å²) in [6, 6.07) is 1.58. The first-order valence-electron chi connectivity index (χ1n) is 6.58. The van der Waals surface area contributed by atoms with Crippen LogP contribution in [0.15, 0.2) is 15.7 Å². The highest BCUT2D eigenvalue weighted by Gasteiger charge is 2.12. The average molecular weight is 251 g/mol. The van der Waals surface area contributed by atoms with E-state index in [2.05, 4.69) is 4.90 Å². The lowest BCUT2D eigenvalue weighted by Crippen LogP contribution is -2.39. The molecule has 0 aromatic carbocycles. The molecule has 1 aliphatic heterocycles. The summed E-state index contributed by atoms with van der Waals surface area (Å²) in [7, 11) is 3.25. The summed E-state index contributed by atoms with van der Waals surface area (Å²) >= 11 is 0. The van der Waals surface area contributed by atoms with Crippen molar-refractivity contribution in [2.75, 3.05) is 13.1 Å². The molecule has 0 radical (unpaired) electrons. The SMILES string of the molecule is Cn1c(CN2CCCCCC2)cc(=O)n(C)c1=O. The summed E-state index contributed by atoms with van der Waals surface area (Å²) in [5.41, 5.74) is 0.347. The van der Waals surface area contributed by atoms with Gasteiger partial charge < -0.3 is 0 Å². The molecule has 0 N–H and O–H groups in total. The first-order valence-corrected chi connectivity index (χ1v) is 6.58. The Morgan fingerprint density at radius 3 is 2.22 bits per heavy atom. The zero-order valence-electron chi connectivity index (χ0n) is 11.2. The molecule has 18 heavy (non-hydrogen) atoms. The largest absolute Gasteiger partial charge is 0.330 e. The molecule has 2 heterocycles. The second-order valence-corrected chi connectivity index (χ2v) is 5.06. The number of rotatable bonds is 2. The lowest BCUT2D eigenvalue weighted by Gasteiger charge is -2.21. The van der Waals surface area contributed by atoms with Gasteiger partial charge in [-0.15, -0.1) is 0 Å². The monoisotopic (exact) mass is 251 g/mol. The standard InChI is InChI=1S/C13H21N3O2/c1-14-11(9-12(17)15(2)13(14)18)10-16-7-5-3-4-6-8-16/h9H,3-8,10H2,1-2H3. The van der Waals surface area contributed by atoms with Crippen molar-refractivity contribution in [3.63, 3.8) is 0 Å². The van der Waals surface area contributed by atoms with E-state index in [-0.39, 0.29) is 11.2 Å². The molecule has 1 aliphatic rings. The van der Waals surface area contributed by atoms with Gasteiger partial charge in [-0.1, -0.05) is 12.8 Å². The van der Waals surface area contributed by atoms with E-state index in [1.807, 2.05) is 0 Å². The highest BCUT2D eigenvalue weighted by molar-refractivity contribution is 5.02. The van der Waals surface area contributed by atoms with E-state index in [1.54, 1.807) is 17.7 Å². The van der Waals surface area contributed by atoms with E-state index in [1.165, 1.54) is 32.7 Å². The normalized spacial score (nSPS) is 17.7. The molecule has 0 spiro atoms. The second-order valence-electron chi connectivity index (χ2n) is 5.06. The summed E-state index contributed by atoms with van der Waals surface area (Å²) in [6.07, 6.45) is 4.98. The minimum absolute atomic E-state index is 0.220. The van der Waals surface area contributed by atoms with Crippen LogP contribution in [0.2, 0.25) is 0 Å². The van der Waals surface area contributed by atoms with Gasteiger partial charge in [-0.25, -0.2) is 4.79 Å². The molecule has 0 aliphatic carbocycles. The maximum absolute atomic E-state index is 11.8. The lowest BCUT2D eigenvalue weighted by atomic mass is 10.2. The molecule has 0 unspecified atom stereocenters. The second kappa shape index (κ2) is 5.52. The van der Waals surface area contributed by atoms with Crippen LogP contribution < -0.4 is 11.2 Å². The van der Waals surface area contributed by atoms with Crippen molar-refractivity contribution in [3.05, 3.63) is 32.6 Å². The molecule has 5 nitrogen and oxygen atoms in total. The molecular weight excluding hydrogens is 230 g/mol. The molecule has 0 atom stereocenters. The Bertz CT molecular complexity index is 522. The van der Waals surface area contributed by atoms with Gasteiger partial charge in [0.15, 0.2) is 0 Å². The van der Waals surface area contributed by atoms with Crippen molar-refractivity contribution in [2.24, 2.45) is 14.1 Å². The lowest BCUT2D eigenvalue weighted by molar-refractivity contribution is 0.268. The first kappa shape index (κ1) is 13.1. The highest BCUT2D eigenvalue weighted by Crippen LogP contribution is 2.11. The summed E-state index contributed by atoms with van der Waals surface area (Å²) in [4.78, 5) is 25.8. The maximum atomic E-state index is 11.8. The van der Waals surface area contributed by atoms with Crippen LogP contribution in [0.1, 0.15) is 31.4 Å².